The molecule has 1 fully saturated rings. The van der Waals surface area contributed by atoms with E-state index < -0.39 is 22.0 Å². The predicted molar refractivity (Wildman–Crippen MR) is 85.7 cm³/mol. The maximum absolute atomic E-state index is 12.8. The number of rotatable bonds is 3. The van der Waals surface area contributed by atoms with Gasteiger partial charge in [0.1, 0.15) is 6.04 Å². The molecule has 0 aliphatic carbocycles. The van der Waals surface area contributed by atoms with Gasteiger partial charge in [-0.15, -0.1) is 0 Å². The standard InChI is InChI=1S/C13H15Br2NO4S/c1-8-6-10(15)12(7-9(8)14)21(19,20)16-5-3-2-4-11(16)13(17)18/h6-7,11H,2-5H2,1H3,(H,17,18)/t11-/m1/s1. The van der Waals surface area contributed by atoms with Crippen LogP contribution in [0.4, 0.5) is 0 Å². The van der Waals surface area contributed by atoms with Crippen molar-refractivity contribution in [1.82, 2.24) is 4.31 Å². The van der Waals surface area contributed by atoms with Crippen molar-refractivity contribution in [3.05, 3.63) is 26.6 Å². The van der Waals surface area contributed by atoms with E-state index in [1.807, 2.05) is 6.92 Å². The minimum atomic E-state index is -3.85. The summed E-state index contributed by atoms with van der Waals surface area (Å²) in [7, 11) is -3.85. The molecule has 116 valence electrons. The lowest BCUT2D eigenvalue weighted by Crippen LogP contribution is -2.47. The van der Waals surface area contributed by atoms with E-state index >= 15 is 0 Å². The zero-order chi connectivity index (χ0) is 15.8. The molecule has 1 aliphatic heterocycles. The van der Waals surface area contributed by atoms with Crippen LogP contribution >= 0.6 is 31.9 Å². The zero-order valence-corrected chi connectivity index (χ0v) is 15.3. The van der Waals surface area contributed by atoms with Gasteiger partial charge in [-0.2, -0.15) is 4.31 Å². The molecule has 1 heterocycles. The van der Waals surface area contributed by atoms with E-state index in [1.165, 1.54) is 6.07 Å². The van der Waals surface area contributed by atoms with Crippen LogP contribution in [-0.2, 0) is 14.8 Å². The number of halogens is 2. The Bertz CT molecular complexity index is 675. The summed E-state index contributed by atoms with van der Waals surface area (Å²) >= 11 is 6.59. The summed E-state index contributed by atoms with van der Waals surface area (Å²) in [4.78, 5) is 11.4. The Balaban J connectivity index is 2.50. The molecule has 1 aromatic carbocycles. The first-order chi connectivity index (χ1) is 9.75. The van der Waals surface area contributed by atoms with Gasteiger partial charge in [0.15, 0.2) is 0 Å². The maximum atomic E-state index is 12.8. The smallest absolute Gasteiger partial charge is 0.322 e. The average molecular weight is 441 g/mol. The second kappa shape index (κ2) is 6.36. The molecule has 21 heavy (non-hydrogen) atoms. The van der Waals surface area contributed by atoms with Gasteiger partial charge in [0.05, 0.1) is 4.90 Å². The molecule has 1 aromatic rings. The number of hydrogen-bond donors (Lipinski definition) is 1. The Morgan fingerprint density at radius 3 is 2.57 bits per heavy atom. The van der Waals surface area contributed by atoms with E-state index in [0.717, 1.165) is 16.3 Å². The van der Waals surface area contributed by atoms with Crippen LogP contribution in [0.3, 0.4) is 0 Å². The van der Waals surface area contributed by atoms with Gasteiger partial charge in [-0.1, -0.05) is 15.9 Å². The molecule has 8 heteroatoms. The highest BCUT2D eigenvalue weighted by Gasteiger charge is 2.38. The topological polar surface area (TPSA) is 74.7 Å². The summed E-state index contributed by atoms with van der Waals surface area (Å²) in [6.45, 7) is 2.09. The molecule has 0 bridgehead atoms. The minimum absolute atomic E-state index is 0.0909. The lowest BCUT2D eigenvalue weighted by atomic mass is 10.1. The Hall–Kier alpha value is -0.440. The number of piperidine rings is 1. The number of carbonyl (C=O) groups is 1. The quantitative estimate of drug-likeness (QED) is 0.783. The van der Waals surface area contributed by atoms with Crippen LogP contribution in [0, 0.1) is 6.92 Å². The molecule has 0 radical (unpaired) electrons. The Kier molecular flexibility index (Phi) is 5.12. The first-order valence-electron chi connectivity index (χ1n) is 6.45. The van der Waals surface area contributed by atoms with E-state index in [4.69, 9.17) is 0 Å². The molecular weight excluding hydrogens is 426 g/mol. The van der Waals surface area contributed by atoms with Crippen molar-refractivity contribution in [2.75, 3.05) is 6.54 Å². The van der Waals surface area contributed by atoms with Crippen LogP contribution in [0.5, 0.6) is 0 Å². The molecule has 1 saturated heterocycles. The predicted octanol–water partition coefficient (Wildman–Crippen LogP) is 3.15. The monoisotopic (exact) mass is 439 g/mol. The molecule has 1 N–H and O–H groups in total. The first-order valence-corrected chi connectivity index (χ1v) is 9.48. The van der Waals surface area contributed by atoms with Crippen LogP contribution in [0.1, 0.15) is 24.8 Å². The Morgan fingerprint density at radius 1 is 1.29 bits per heavy atom. The van der Waals surface area contributed by atoms with Crippen LogP contribution < -0.4 is 0 Å². The lowest BCUT2D eigenvalue weighted by molar-refractivity contribution is -0.142. The van der Waals surface area contributed by atoms with Crippen LogP contribution in [0.15, 0.2) is 26.0 Å². The van der Waals surface area contributed by atoms with Gasteiger partial charge < -0.3 is 5.11 Å². The molecule has 2 rings (SSSR count). The van der Waals surface area contributed by atoms with E-state index in [9.17, 15) is 18.3 Å². The lowest BCUT2D eigenvalue weighted by Gasteiger charge is -2.32. The van der Waals surface area contributed by atoms with E-state index in [0.29, 0.717) is 21.8 Å². The Morgan fingerprint density at radius 2 is 1.95 bits per heavy atom. The van der Waals surface area contributed by atoms with Gasteiger partial charge >= 0.3 is 5.97 Å². The summed E-state index contributed by atoms with van der Waals surface area (Å²) in [5, 5.41) is 9.26. The molecule has 0 saturated carbocycles. The van der Waals surface area contributed by atoms with E-state index in [1.54, 1.807) is 6.07 Å². The third-order valence-electron chi connectivity index (χ3n) is 3.54. The summed E-state index contributed by atoms with van der Waals surface area (Å²) in [6.07, 6.45) is 1.74. The third kappa shape index (κ3) is 3.33. The molecule has 1 aliphatic rings. The van der Waals surface area contributed by atoms with Crippen molar-refractivity contribution in [1.29, 1.82) is 0 Å². The van der Waals surface area contributed by atoms with Crippen LogP contribution in [0.25, 0.3) is 0 Å². The van der Waals surface area contributed by atoms with Gasteiger partial charge in [0, 0.05) is 15.5 Å². The van der Waals surface area contributed by atoms with Crippen molar-refractivity contribution in [2.24, 2.45) is 0 Å². The third-order valence-corrected chi connectivity index (χ3v) is 7.26. The molecule has 5 nitrogen and oxygen atoms in total. The van der Waals surface area contributed by atoms with Gasteiger partial charge in [-0.25, -0.2) is 8.42 Å². The number of carboxylic acids is 1. The number of aryl methyl sites for hydroxylation is 1. The second-order valence-electron chi connectivity index (χ2n) is 5.00. The maximum Gasteiger partial charge on any atom is 0.322 e. The fourth-order valence-corrected chi connectivity index (χ4v) is 5.68. The number of benzene rings is 1. The van der Waals surface area contributed by atoms with Crippen molar-refractivity contribution in [2.45, 2.75) is 37.1 Å². The number of carboxylic acid groups (broad SMARTS) is 1. The van der Waals surface area contributed by atoms with E-state index in [-0.39, 0.29) is 11.4 Å². The van der Waals surface area contributed by atoms with Crippen molar-refractivity contribution < 1.29 is 18.3 Å². The number of hydrogen-bond acceptors (Lipinski definition) is 3. The summed E-state index contributed by atoms with van der Waals surface area (Å²) < 4.78 is 27.8. The highest BCUT2D eigenvalue weighted by molar-refractivity contribution is 9.11. The molecule has 0 aromatic heterocycles. The molecule has 0 spiro atoms. The number of sulfonamides is 1. The summed E-state index contributed by atoms with van der Waals surface area (Å²) in [5.74, 6) is -1.10. The fourth-order valence-electron chi connectivity index (χ4n) is 2.39. The zero-order valence-electron chi connectivity index (χ0n) is 11.3. The van der Waals surface area contributed by atoms with Gasteiger partial charge in [-0.05, 0) is 59.8 Å². The van der Waals surface area contributed by atoms with Crippen molar-refractivity contribution in [3.8, 4) is 0 Å². The molecule has 0 unspecified atom stereocenters. The normalized spacial score (nSPS) is 20.4. The fraction of sp³-hybridized carbons (Fsp3) is 0.462. The van der Waals surface area contributed by atoms with Gasteiger partial charge in [0.2, 0.25) is 10.0 Å². The SMILES string of the molecule is Cc1cc(Br)c(S(=O)(=O)N2CCCC[C@@H]2C(=O)O)cc1Br. The van der Waals surface area contributed by atoms with Gasteiger partial charge in [0.25, 0.3) is 0 Å². The molecule has 1 atom stereocenters. The van der Waals surface area contributed by atoms with Crippen molar-refractivity contribution >= 4 is 47.9 Å². The largest absolute Gasteiger partial charge is 0.480 e. The van der Waals surface area contributed by atoms with Gasteiger partial charge in [-0.3, -0.25) is 4.79 Å². The average Bonchev–Trinajstić information content (AvgIpc) is 2.42. The van der Waals surface area contributed by atoms with Crippen LogP contribution in [0.2, 0.25) is 0 Å². The Labute approximate surface area is 140 Å². The van der Waals surface area contributed by atoms with E-state index in [2.05, 4.69) is 31.9 Å². The number of aliphatic carboxylic acids is 1. The summed E-state index contributed by atoms with van der Waals surface area (Å²) in [5.41, 5.74) is 0.897. The second-order valence-corrected chi connectivity index (χ2v) is 8.57. The summed E-state index contributed by atoms with van der Waals surface area (Å²) in [6, 6.07) is 2.23. The highest BCUT2D eigenvalue weighted by atomic mass is 79.9. The minimum Gasteiger partial charge on any atom is -0.480 e. The first kappa shape index (κ1) is 16.9. The highest BCUT2D eigenvalue weighted by Crippen LogP contribution is 2.33. The van der Waals surface area contributed by atoms with Crippen LogP contribution in [-0.4, -0.2) is 36.4 Å². The molecule has 0 amide bonds. The number of nitrogens with zero attached hydrogens (tertiary/aromatic N) is 1. The molecular formula is C13H15Br2NO4S. The van der Waals surface area contributed by atoms with Crippen molar-refractivity contribution in [3.63, 3.8) is 0 Å².